The number of aromatic nitrogens is 2. The lowest BCUT2D eigenvalue weighted by atomic mass is 9.93. The molecule has 1 saturated heterocycles. The highest BCUT2D eigenvalue weighted by atomic mass is 32.1. The summed E-state index contributed by atoms with van der Waals surface area (Å²) in [5.74, 6) is 0.756. The van der Waals surface area contributed by atoms with Crippen LogP contribution in [0.4, 0.5) is 13.9 Å². The summed E-state index contributed by atoms with van der Waals surface area (Å²) < 4.78 is 28.1. The van der Waals surface area contributed by atoms with Gasteiger partial charge in [-0.15, -0.1) is 0 Å². The van der Waals surface area contributed by atoms with Crippen LogP contribution in [0.3, 0.4) is 0 Å². The summed E-state index contributed by atoms with van der Waals surface area (Å²) in [4.78, 5) is 18.0. The fourth-order valence-corrected chi connectivity index (χ4v) is 2.99. The van der Waals surface area contributed by atoms with Crippen molar-refractivity contribution in [3.63, 3.8) is 0 Å². The molecule has 1 aromatic heterocycles. The maximum absolute atomic E-state index is 12.0. The monoisotopic (exact) mass is 304 g/mol. The summed E-state index contributed by atoms with van der Waals surface area (Å²) in [6.07, 6.45) is -0.404. The van der Waals surface area contributed by atoms with Gasteiger partial charge in [0.05, 0.1) is 6.54 Å². The third-order valence-electron chi connectivity index (χ3n) is 3.33. The molecule has 0 aliphatic carbocycles. The summed E-state index contributed by atoms with van der Waals surface area (Å²) >= 11 is 1.38. The van der Waals surface area contributed by atoms with E-state index < -0.39 is 13.0 Å². The van der Waals surface area contributed by atoms with Crippen molar-refractivity contribution in [2.24, 2.45) is 5.92 Å². The highest BCUT2D eigenvalue weighted by Gasteiger charge is 2.23. The lowest BCUT2D eigenvalue weighted by Crippen LogP contribution is -2.36. The number of piperidine rings is 1. The van der Waals surface area contributed by atoms with Crippen LogP contribution in [0.2, 0.25) is 0 Å². The van der Waals surface area contributed by atoms with Crippen LogP contribution in [0.15, 0.2) is 0 Å². The van der Waals surface area contributed by atoms with E-state index in [0.717, 1.165) is 36.9 Å². The van der Waals surface area contributed by atoms with E-state index in [1.165, 1.54) is 11.5 Å². The Bertz CT molecular complexity index is 446. The average molecular weight is 304 g/mol. The van der Waals surface area contributed by atoms with Gasteiger partial charge in [-0.2, -0.15) is 4.37 Å². The number of carbonyl (C=O) groups excluding carboxylic acids is 1. The molecular formula is C12H18F2N4OS. The molecule has 0 unspecified atom stereocenters. The topological polar surface area (TPSA) is 58.1 Å². The number of amides is 1. The van der Waals surface area contributed by atoms with Crippen LogP contribution in [0, 0.1) is 12.8 Å². The maximum atomic E-state index is 12.0. The van der Waals surface area contributed by atoms with E-state index >= 15 is 0 Å². The largest absolute Gasteiger partial charge is 0.350 e. The van der Waals surface area contributed by atoms with Gasteiger partial charge < -0.3 is 10.2 Å². The van der Waals surface area contributed by atoms with Crippen LogP contribution < -0.4 is 10.2 Å². The molecule has 0 saturated carbocycles. The molecule has 0 spiro atoms. The lowest BCUT2D eigenvalue weighted by Gasteiger charge is -2.31. The average Bonchev–Trinajstić information content (AvgIpc) is 2.84. The molecule has 1 aromatic rings. The predicted octanol–water partition coefficient (Wildman–Crippen LogP) is 1.83. The number of nitrogens with zero attached hydrogens (tertiary/aromatic N) is 3. The zero-order chi connectivity index (χ0) is 14.5. The van der Waals surface area contributed by atoms with Gasteiger partial charge in [0.15, 0.2) is 0 Å². The second-order valence-electron chi connectivity index (χ2n) is 4.95. The highest BCUT2D eigenvalue weighted by Crippen LogP contribution is 2.26. The summed E-state index contributed by atoms with van der Waals surface area (Å²) in [6.45, 7) is 2.98. The number of nitrogens with one attached hydrogen (secondary N) is 1. The first-order valence-corrected chi connectivity index (χ1v) is 7.42. The summed E-state index contributed by atoms with van der Waals surface area (Å²) in [7, 11) is 0. The summed E-state index contributed by atoms with van der Waals surface area (Å²) in [5.41, 5.74) is 0. The van der Waals surface area contributed by atoms with Crippen molar-refractivity contribution in [3.8, 4) is 0 Å². The third-order valence-corrected chi connectivity index (χ3v) is 4.20. The molecule has 5 nitrogen and oxygen atoms in total. The second-order valence-corrected chi connectivity index (χ2v) is 5.68. The smallest absolute Gasteiger partial charge is 0.255 e. The van der Waals surface area contributed by atoms with Crippen molar-refractivity contribution >= 4 is 22.6 Å². The van der Waals surface area contributed by atoms with Gasteiger partial charge in [-0.3, -0.25) is 4.79 Å². The Balaban J connectivity index is 1.73. The molecule has 2 heterocycles. The first-order chi connectivity index (χ1) is 9.54. The standard InChI is InChI=1S/C12H18F2N4OS/c1-8-16-12(20-17-8)18-4-2-9(3-5-18)6-11(19)15-7-10(13)14/h9-10H,2-7H2,1H3,(H,15,19). The normalized spacial score (nSPS) is 16.7. The van der Waals surface area contributed by atoms with Crippen molar-refractivity contribution in [2.75, 3.05) is 24.5 Å². The summed E-state index contributed by atoms with van der Waals surface area (Å²) in [6, 6.07) is 0. The van der Waals surface area contributed by atoms with Crippen molar-refractivity contribution < 1.29 is 13.6 Å². The number of anilines is 1. The number of hydrogen-bond donors (Lipinski definition) is 1. The molecule has 0 atom stereocenters. The Labute approximate surface area is 120 Å². The number of rotatable bonds is 5. The van der Waals surface area contributed by atoms with Gasteiger partial charge in [0, 0.05) is 31.0 Å². The van der Waals surface area contributed by atoms with Crippen molar-refractivity contribution in [2.45, 2.75) is 32.6 Å². The minimum atomic E-state index is -2.48. The lowest BCUT2D eigenvalue weighted by molar-refractivity contribution is -0.122. The van der Waals surface area contributed by atoms with E-state index in [1.54, 1.807) is 0 Å². The molecule has 1 aliphatic heterocycles. The van der Waals surface area contributed by atoms with Crippen LogP contribution in [0.25, 0.3) is 0 Å². The van der Waals surface area contributed by atoms with Gasteiger partial charge in [0.1, 0.15) is 5.82 Å². The zero-order valence-corrected chi connectivity index (χ0v) is 12.1. The fourth-order valence-electron chi connectivity index (χ4n) is 2.27. The van der Waals surface area contributed by atoms with Crippen molar-refractivity contribution in [1.29, 1.82) is 0 Å². The van der Waals surface area contributed by atoms with Gasteiger partial charge >= 0.3 is 0 Å². The van der Waals surface area contributed by atoms with Gasteiger partial charge in [0.2, 0.25) is 11.0 Å². The minimum absolute atomic E-state index is 0.262. The number of hydrogen-bond acceptors (Lipinski definition) is 5. The molecule has 1 aliphatic rings. The Kier molecular flexibility index (Phi) is 5.22. The Hall–Kier alpha value is -1.31. The maximum Gasteiger partial charge on any atom is 0.255 e. The Morgan fingerprint density at radius 1 is 1.50 bits per heavy atom. The van der Waals surface area contributed by atoms with Gasteiger partial charge in [-0.05, 0) is 25.7 Å². The summed E-state index contributed by atoms with van der Waals surface area (Å²) in [5, 5.41) is 3.17. The van der Waals surface area contributed by atoms with Crippen molar-refractivity contribution in [1.82, 2.24) is 14.7 Å². The molecular weight excluding hydrogens is 286 g/mol. The number of halogens is 2. The van der Waals surface area contributed by atoms with E-state index in [0.29, 0.717) is 6.42 Å². The van der Waals surface area contributed by atoms with Gasteiger partial charge in [-0.25, -0.2) is 13.8 Å². The van der Waals surface area contributed by atoms with Crippen LogP contribution in [0.5, 0.6) is 0 Å². The SMILES string of the molecule is Cc1nsc(N2CCC(CC(=O)NCC(F)F)CC2)n1. The molecule has 0 bridgehead atoms. The highest BCUT2D eigenvalue weighted by molar-refractivity contribution is 7.09. The van der Waals surface area contributed by atoms with Gasteiger partial charge in [-0.1, -0.05) is 0 Å². The molecule has 2 rings (SSSR count). The van der Waals surface area contributed by atoms with Crippen LogP contribution in [-0.4, -0.2) is 41.3 Å². The van der Waals surface area contributed by atoms with E-state index in [9.17, 15) is 13.6 Å². The fraction of sp³-hybridized carbons (Fsp3) is 0.750. The molecule has 0 aromatic carbocycles. The third kappa shape index (κ3) is 4.36. The minimum Gasteiger partial charge on any atom is -0.350 e. The zero-order valence-electron chi connectivity index (χ0n) is 11.3. The number of alkyl halides is 2. The van der Waals surface area contributed by atoms with Gasteiger partial charge in [0.25, 0.3) is 6.43 Å². The van der Waals surface area contributed by atoms with E-state index in [1.807, 2.05) is 6.92 Å². The molecule has 112 valence electrons. The predicted molar refractivity (Wildman–Crippen MR) is 73.2 cm³/mol. The molecule has 1 N–H and O–H groups in total. The van der Waals surface area contributed by atoms with Crippen LogP contribution >= 0.6 is 11.5 Å². The number of aryl methyl sites for hydroxylation is 1. The van der Waals surface area contributed by atoms with E-state index in [2.05, 4.69) is 19.6 Å². The Morgan fingerprint density at radius 2 is 2.20 bits per heavy atom. The van der Waals surface area contributed by atoms with E-state index in [-0.39, 0.29) is 11.8 Å². The van der Waals surface area contributed by atoms with Crippen molar-refractivity contribution in [3.05, 3.63) is 5.82 Å². The van der Waals surface area contributed by atoms with Crippen LogP contribution in [0.1, 0.15) is 25.1 Å². The molecule has 20 heavy (non-hydrogen) atoms. The Morgan fingerprint density at radius 3 is 2.75 bits per heavy atom. The molecule has 1 fully saturated rings. The molecule has 0 radical (unpaired) electrons. The van der Waals surface area contributed by atoms with E-state index in [4.69, 9.17) is 0 Å². The first kappa shape index (κ1) is 15.1. The molecule has 1 amide bonds. The van der Waals surface area contributed by atoms with Crippen LogP contribution in [-0.2, 0) is 4.79 Å². The first-order valence-electron chi connectivity index (χ1n) is 6.64. The second kappa shape index (κ2) is 6.92. The number of carbonyl (C=O) groups is 1. The quantitative estimate of drug-likeness (QED) is 0.902. The molecule has 8 heteroatoms.